The Labute approximate surface area is 126 Å². The van der Waals surface area contributed by atoms with Crippen molar-refractivity contribution in [3.8, 4) is 0 Å². The molecule has 3 aliphatic rings. The van der Waals surface area contributed by atoms with Crippen LogP contribution in [-0.2, 0) is 14.3 Å². The first-order valence-corrected chi connectivity index (χ1v) is 8.23. The van der Waals surface area contributed by atoms with Crippen molar-refractivity contribution in [1.82, 2.24) is 14.7 Å². The molecular formula is C15H27N3O3. The maximum Gasteiger partial charge on any atom is 0.236 e. The second-order valence-electron chi connectivity index (χ2n) is 6.20. The number of amides is 1. The molecule has 0 spiro atoms. The highest BCUT2D eigenvalue weighted by Crippen LogP contribution is 2.14. The van der Waals surface area contributed by atoms with Crippen LogP contribution in [0.15, 0.2) is 0 Å². The molecule has 6 nitrogen and oxygen atoms in total. The first-order valence-electron chi connectivity index (χ1n) is 8.23. The average molecular weight is 297 g/mol. The fourth-order valence-corrected chi connectivity index (χ4v) is 3.31. The van der Waals surface area contributed by atoms with Crippen molar-refractivity contribution < 1.29 is 14.3 Å². The van der Waals surface area contributed by atoms with Gasteiger partial charge in [0.05, 0.1) is 25.9 Å². The standard InChI is InChI=1S/C15H27N3O3/c19-15(18-7-10-20-11-8-18)13-17-5-3-16(4-6-17)12-14-2-1-9-21-14/h14H,1-13H2. The largest absolute Gasteiger partial charge is 0.378 e. The molecule has 1 unspecified atom stereocenters. The molecule has 0 aromatic rings. The maximum absolute atomic E-state index is 12.2. The Morgan fingerprint density at radius 1 is 0.952 bits per heavy atom. The van der Waals surface area contributed by atoms with Crippen LogP contribution in [-0.4, -0.2) is 98.9 Å². The van der Waals surface area contributed by atoms with Crippen molar-refractivity contribution in [3.05, 3.63) is 0 Å². The minimum Gasteiger partial charge on any atom is -0.378 e. The molecule has 3 aliphatic heterocycles. The zero-order chi connectivity index (χ0) is 14.5. The number of hydrogen-bond donors (Lipinski definition) is 0. The molecule has 0 aromatic heterocycles. The van der Waals surface area contributed by atoms with E-state index >= 15 is 0 Å². The summed E-state index contributed by atoms with van der Waals surface area (Å²) < 4.78 is 11.0. The number of nitrogens with zero attached hydrogens (tertiary/aromatic N) is 3. The summed E-state index contributed by atoms with van der Waals surface area (Å²) in [6, 6.07) is 0. The molecule has 3 rings (SSSR count). The van der Waals surface area contributed by atoms with Gasteiger partial charge < -0.3 is 14.4 Å². The van der Waals surface area contributed by atoms with Crippen LogP contribution in [0.25, 0.3) is 0 Å². The third kappa shape index (κ3) is 4.39. The summed E-state index contributed by atoms with van der Waals surface area (Å²) >= 11 is 0. The molecule has 6 heteroatoms. The summed E-state index contributed by atoms with van der Waals surface area (Å²) in [6.45, 7) is 9.49. The Hall–Kier alpha value is -0.690. The van der Waals surface area contributed by atoms with Gasteiger partial charge in [0.25, 0.3) is 0 Å². The third-order valence-electron chi connectivity index (χ3n) is 4.67. The topological polar surface area (TPSA) is 45.2 Å². The molecule has 21 heavy (non-hydrogen) atoms. The molecule has 3 saturated heterocycles. The van der Waals surface area contributed by atoms with Crippen LogP contribution in [0, 0.1) is 0 Å². The smallest absolute Gasteiger partial charge is 0.236 e. The number of rotatable bonds is 4. The van der Waals surface area contributed by atoms with Crippen molar-refractivity contribution in [1.29, 1.82) is 0 Å². The lowest BCUT2D eigenvalue weighted by Crippen LogP contribution is -2.52. The van der Waals surface area contributed by atoms with E-state index in [1.807, 2.05) is 4.90 Å². The predicted molar refractivity (Wildman–Crippen MR) is 79.3 cm³/mol. The van der Waals surface area contributed by atoms with E-state index in [1.54, 1.807) is 0 Å². The predicted octanol–water partition coefficient (Wildman–Crippen LogP) is -0.358. The van der Waals surface area contributed by atoms with Gasteiger partial charge in [0.1, 0.15) is 0 Å². The van der Waals surface area contributed by atoms with E-state index in [-0.39, 0.29) is 5.91 Å². The highest BCUT2D eigenvalue weighted by molar-refractivity contribution is 5.78. The number of piperazine rings is 1. The Kier molecular flexibility index (Phi) is 5.46. The van der Waals surface area contributed by atoms with Gasteiger partial charge in [-0.2, -0.15) is 0 Å². The van der Waals surface area contributed by atoms with Gasteiger partial charge in [0.2, 0.25) is 5.91 Å². The number of carbonyl (C=O) groups excluding carboxylic acids is 1. The molecule has 0 radical (unpaired) electrons. The first-order chi connectivity index (χ1) is 10.3. The number of hydrogen-bond acceptors (Lipinski definition) is 5. The van der Waals surface area contributed by atoms with Crippen LogP contribution in [0.2, 0.25) is 0 Å². The van der Waals surface area contributed by atoms with Gasteiger partial charge >= 0.3 is 0 Å². The number of ether oxygens (including phenoxy) is 2. The first kappa shape index (κ1) is 15.2. The van der Waals surface area contributed by atoms with Crippen LogP contribution in [0.4, 0.5) is 0 Å². The summed E-state index contributed by atoms with van der Waals surface area (Å²) in [5, 5.41) is 0. The van der Waals surface area contributed by atoms with Crippen molar-refractivity contribution in [3.63, 3.8) is 0 Å². The molecule has 3 fully saturated rings. The molecule has 0 saturated carbocycles. The zero-order valence-electron chi connectivity index (χ0n) is 12.8. The number of morpholine rings is 1. The van der Waals surface area contributed by atoms with Gasteiger partial charge in [0, 0.05) is 52.4 Å². The normalized spacial score (nSPS) is 29.0. The van der Waals surface area contributed by atoms with E-state index in [4.69, 9.17) is 9.47 Å². The maximum atomic E-state index is 12.2. The fourth-order valence-electron chi connectivity index (χ4n) is 3.31. The van der Waals surface area contributed by atoms with Gasteiger partial charge in [-0.25, -0.2) is 0 Å². The Balaban J connectivity index is 1.35. The molecule has 1 atom stereocenters. The van der Waals surface area contributed by atoms with Gasteiger partial charge in [-0.15, -0.1) is 0 Å². The highest BCUT2D eigenvalue weighted by Gasteiger charge is 2.25. The van der Waals surface area contributed by atoms with Gasteiger partial charge in [-0.05, 0) is 12.8 Å². The lowest BCUT2D eigenvalue weighted by Gasteiger charge is -2.36. The lowest BCUT2D eigenvalue weighted by atomic mass is 10.2. The van der Waals surface area contributed by atoms with Crippen molar-refractivity contribution >= 4 is 5.91 Å². The molecular weight excluding hydrogens is 270 g/mol. The summed E-state index contributed by atoms with van der Waals surface area (Å²) in [5.41, 5.74) is 0. The zero-order valence-corrected chi connectivity index (χ0v) is 12.8. The Morgan fingerprint density at radius 3 is 2.33 bits per heavy atom. The van der Waals surface area contributed by atoms with Crippen molar-refractivity contribution in [2.45, 2.75) is 18.9 Å². The summed E-state index contributed by atoms with van der Waals surface area (Å²) in [6.07, 6.45) is 2.85. The molecule has 0 N–H and O–H groups in total. The van der Waals surface area contributed by atoms with Crippen LogP contribution in [0.3, 0.4) is 0 Å². The average Bonchev–Trinajstić information content (AvgIpc) is 3.03. The van der Waals surface area contributed by atoms with Crippen LogP contribution < -0.4 is 0 Å². The molecule has 3 heterocycles. The Bertz CT molecular complexity index is 333. The van der Waals surface area contributed by atoms with Gasteiger partial charge in [-0.3, -0.25) is 14.6 Å². The van der Waals surface area contributed by atoms with Crippen molar-refractivity contribution in [2.75, 3.05) is 72.2 Å². The molecule has 1 amide bonds. The van der Waals surface area contributed by atoms with Gasteiger partial charge in [-0.1, -0.05) is 0 Å². The monoisotopic (exact) mass is 297 g/mol. The van der Waals surface area contributed by atoms with Gasteiger partial charge in [0.15, 0.2) is 0 Å². The fraction of sp³-hybridized carbons (Fsp3) is 0.933. The highest BCUT2D eigenvalue weighted by atomic mass is 16.5. The van der Waals surface area contributed by atoms with Crippen LogP contribution >= 0.6 is 0 Å². The minimum absolute atomic E-state index is 0.255. The lowest BCUT2D eigenvalue weighted by molar-refractivity contribution is -0.136. The van der Waals surface area contributed by atoms with Crippen LogP contribution in [0.5, 0.6) is 0 Å². The molecule has 0 aromatic carbocycles. The summed E-state index contributed by atoms with van der Waals surface area (Å²) in [4.78, 5) is 18.9. The van der Waals surface area contributed by atoms with E-state index in [9.17, 15) is 4.79 Å². The third-order valence-corrected chi connectivity index (χ3v) is 4.67. The van der Waals surface area contributed by atoms with E-state index < -0.39 is 0 Å². The molecule has 0 bridgehead atoms. The second kappa shape index (κ2) is 7.54. The van der Waals surface area contributed by atoms with E-state index in [2.05, 4.69) is 9.80 Å². The quantitative estimate of drug-likeness (QED) is 0.709. The van der Waals surface area contributed by atoms with Crippen molar-refractivity contribution in [2.24, 2.45) is 0 Å². The summed E-state index contributed by atoms with van der Waals surface area (Å²) in [7, 11) is 0. The molecule has 0 aliphatic carbocycles. The molecule has 120 valence electrons. The second-order valence-corrected chi connectivity index (χ2v) is 6.20. The van der Waals surface area contributed by atoms with Crippen LogP contribution in [0.1, 0.15) is 12.8 Å². The Morgan fingerprint density at radius 2 is 1.67 bits per heavy atom. The number of carbonyl (C=O) groups is 1. The van der Waals surface area contributed by atoms with E-state index in [0.29, 0.717) is 25.9 Å². The summed E-state index contributed by atoms with van der Waals surface area (Å²) in [5.74, 6) is 0.255. The van der Waals surface area contributed by atoms with E-state index in [0.717, 1.165) is 52.4 Å². The SMILES string of the molecule is O=C(CN1CCN(CC2CCCO2)CC1)N1CCOCC1. The van der Waals surface area contributed by atoms with E-state index in [1.165, 1.54) is 12.8 Å². The minimum atomic E-state index is 0.255.